The molecule has 31 heavy (non-hydrogen) atoms. The van der Waals surface area contributed by atoms with E-state index in [1.165, 1.54) is 0 Å². The average Bonchev–Trinajstić information content (AvgIpc) is 3.17. The number of carbonyl (C=O) groups excluding carboxylic acids is 1. The maximum atomic E-state index is 12.5. The SMILES string of the molecule is CCOC(=O)c1ccn2c1CN=C(c1ccccc1)c1cc(-c3ccccc3)ccc1-2. The number of esters is 1. The van der Waals surface area contributed by atoms with Gasteiger partial charge in [0.1, 0.15) is 0 Å². The molecule has 5 rings (SSSR count). The molecule has 0 fully saturated rings. The molecular weight excluding hydrogens is 384 g/mol. The van der Waals surface area contributed by atoms with Crippen LogP contribution >= 0.6 is 0 Å². The van der Waals surface area contributed by atoms with Gasteiger partial charge >= 0.3 is 5.97 Å². The number of aromatic nitrogens is 1. The van der Waals surface area contributed by atoms with E-state index in [1.54, 1.807) is 0 Å². The lowest BCUT2D eigenvalue weighted by atomic mass is 9.96. The van der Waals surface area contributed by atoms with Crippen molar-refractivity contribution in [2.75, 3.05) is 6.61 Å². The van der Waals surface area contributed by atoms with Crippen LogP contribution in [0.25, 0.3) is 16.8 Å². The van der Waals surface area contributed by atoms with Crippen LogP contribution in [0.2, 0.25) is 0 Å². The number of benzene rings is 3. The molecule has 1 aliphatic heterocycles. The second-order valence-electron chi connectivity index (χ2n) is 7.40. The summed E-state index contributed by atoms with van der Waals surface area (Å²) < 4.78 is 7.33. The Balaban J connectivity index is 1.72. The van der Waals surface area contributed by atoms with E-state index in [1.807, 2.05) is 55.6 Å². The highest BCUT2D eigenvalue weighted by Crippen LogP contribution is 2.31. The van der Waals surface area contributed by atoms with Crippen molar-refractivity contribution in [1.82, 2.24) is 4.57 Å². The Bertz CT molecular complexity index is 1270. The van der Waals surface area contributed by atoms with Crippen LogP contribution in [0.1, 0.15) is 34.1 Å². The van der Waals surface area contributed by atoms with Gasteiger partial charge in [0.15, 0.2) is 0 Å². The number of rotatable bonds is 4. The quantitative estimate of drug-likeness (QED) is 0.410. The summed E-state index contributed by atoms with van der Waals surface area (Å²) in [7, 11) is 0. The van der Waals surface area contributed by atoms with Crippen molar-refractivity contribution in [1.29, 1.82) is 0 Å². The summed E-state index contributed by atoms with van der Waals surface area (Å²) in [6.45, 7) is 2.57. The number of ether oxygens (including phenoxy) is 1. The maximum absolute atomic E-state index is 12.5. The van der Waals surface area contributed by atoms with Gasteiger partial charge in [-0.2, -0.15) is 0 Å². The summed E-state index contributed by atoms with van der Waals surface area (Å²) in [4.78, 5) is 17.5. The van der Waals surface area contributed by atoms with Gasteiger partial charge in [0.25, 0.3) is 0 Å². The maximum Gasteiger partial charge on any atom is 0.340 e. The third kappa shape index (κ3) is 3.46. The zero-order chi connectivity index (χ0) is 21.2. The summed E-state index contributed by atoms with van der Waals surface area (Å²) in [6.07, 6.45) is 1.94. The molecule has 0 atom stereocenters. The molecule has 0 saturated heterocycles. The molecule has 152 valence electrons. The van der Waals surface area contributed by atoms with Gasteiger partial charge in [0.05, 0.1) is 35.8 Å². The summed E-state index contributed by atoms with van der Waals surface area (Å²) >= 11 is 0. The van der Waals surface area contributed by atoms with Crippen LogP contribution in [0.5, 0.6) is 0 Å². The van der Waals surface area contributed by atoms with Gasteiger partial charge in [-0.15, -0.1) is 0 Å². The smallest absolute Gasteiger partial charge is 0.340 e. The van der Waals surface area contributed by atoms with Gasteiger partial charge in [-0.05, 0) is 36.2 Å². The fourth-order valence-corrected chi connectivity index (χ4v) is 4.07. The minimum absolute atomic E-state index is 0.308. The van der Waals surface area contributed by atoms with E-state index in [0.717, 1.165) is 39.3 Å². The number of hydrogen-bond acceptors (Lipinski definition) is 3. The summed E-state index contributed by atoms with van der Waals surface area (Å²) in [5, 5.41) is 0. The monoisotopic (exact) mass is 406 g/mol. The molecule has 0 N–H and O–H groups in total. The Morgan fingerprint density at radius 3 is 2.32 bits per heavy atom. The van der Waals surface area contributed by atoms with Crippen LogP contribution in [0.3, 0.4) is 0 Å². The molecule has 0 radical (unpaired) electrons. The van der Waals surface area contributed by atoms with Crippen molar-refractivity contribution in [3.05, 3.63) is 114 Å². The second-order valence-corrected chi connectivity index (χ2v) is 7.40. The molecule has 0 unspecified atom stereocenters. The Morgan fingerprint density at radius 2 is 1.61 bits per heavy atom. The van der Waals surface area contributed by atoms with E-state index in [-0.39, 0.29) is 5.97 Å². The van der Waals surface area contributed by atoms with Crippen LogP contribution in [0, 0.1) is 0 Å². The van der Waals surface area contributed by atoms with E-state index in [2.05, 4.69) is 47.0 Å². The molecule has 4 aromatic rings. The highest BCUT2D eigenvalue weighted by molar-refractivity contribution is 6.15. The molecular formula is C27H22N2O2. The third-order valence-corrected chi connectivity index (χ3v) is 5.54. The average molecular weight is 406 g/mol. The van der Waals surface area contributed by atoms with E-state index < -0.39 is 0 Å². The number of carbonyl (C=O) groups is 1. The predicted molar refractivity (Wildman–Crippen MR) is 123 cm³/mol. The Labute approximate surface area is 181 Å². The van der Waals surface area contributed by atoms with E-state index >= 15 is 0 Å². The minimum Gasteiger partial charge on any atom is -0.462 e. The number of aliphatic imine (C=N–C) groups is 1. The van der Waals surface area contributed by atoms with Gasteiger partial charge in [-0.3, -0.25) is 4.99 Å². The van der Waals surface area contributed by atoms with Gasteiger partial charge in [-0.25, -0.2) is 4.79 Å². The lowest BCUT2D eigenvalue weighted by Gasteiger charge is -2.14. The molecule has 0 bridgehead atoms. The first-order chi connectivity index (χ1) is 15.3. The van der Waals surface area contributed by atoms with Crippen molar-refractivity contribution in [2.45, 2.75) is 13.5 Å². The Morgan fingerprint density at radius 1 is 0.903 bits per heavy atom. The fraction of sp³-hybridized carbons (Fsp3) is 0.111. The van der Waals surface area contributed by atoms with Gasteiger partial charge in [-0.1, -0.05) is 66.7 Å². The fourth-order valence-electron chi connectivity index (χ4n) is 4.07. The summed E-state index contributed by atoms with van der Waals surface area (Å²) in [6, 6.07) is 28.8. The van der Waals surface area contributed by atoms with Crippen LogP contribution in [-0.4, -0.2) is 22.9 Å². The summed E-state index contributed by atoms with van der Waals surface area (Å²) in [5.74, 6) is -0.308. The second kappa shape index (κ2) is 8.07. The zero-order valence-electron chi connectivity index (χ0n) is 17.3. The van der Waals surface area contributed by atoms with Crippen molar-refractivity contribution >= 4 is 11.7 Å². The largest absolute Gasteiger partial charge is 0.462 e. The van der Waals surface area contributed by atoms with Gasteiger partial charge in [0, 0.05) is 17.3 Å². The summed E-state index contributed by atoms with van der Waals surface area (Å²) in [5.41, 5.74) is 7.72. The molecule has 0 saturated carbocycles. The molecule has 0 spiro atoms. The zero-order valence-corrected chi connectivity index (χ0v) is 17.3. The number of fused-ring (bicyclic) bond motifs is 3. The molecule has 4 nitrogen and oxygen atoms in total. The first kappa shape index (κ1) is 19.1. The van der Waals surface area contributed by atoms with Crippen molar-refractivity contribution in [3.8, 4) is 16.8 Å². The number of nitrogens with zero attached hydrogens (tertiary/aromatic N) is 2. The van der Waals surface area contributed by atoms with Crippen LogP contribution in [0.4, 0.5) is 0 Å². The molecule has 2 heterocycles. The molecule has 3 aromatic carbocycles. The van der Waals surface area contributed by atoms with Crippen molar-refractivity contribution in [3.63, 3.8) is 0 Å². The topological polar surface area (TPSA) is 43.6 Å². The molecule has 1 aliphatic rings. The normalized spacial score (nSPS) is 12.4. The molecule has 4 heteroatoms. The molecule has 0 aliphatic carbocycles. The standard InChI is InChI=1S/C27H22N2O2/c1-2-31-27(30)22-15-16-29-24-14-13-21(19-9-5-3-6-10-19)17-23(24)26(28-18-25(22)29)20-11-7-4-8-12-20/h3-17H,2,18H2,1H3. The number of hydrogen-bond donors (Lipinski definition) is 0. The van der Waals surface area contributed by atoms with E-state index in [0.29, 0.717) is 18.7 Å². The third-order valence-electron chi connectivity index (χ3n) is 5.54. The Hall–Kier alpha value is -3.92. The van der Waals surface area contributed by atoms with Crippen LogP contribution in [0.15, 0.2) is 96.1 Å². The first-order valence-electron chi connectivity index (χ1n) is 10.4. The molecule has 0 amide bonds. The van der Waals surface area contributed by atoms with E-state index in [9.17, 15) is 4.79 Å². The lowest BCUT2D eigenvalue weighted by Crippen LogP contribution is -2.09. The van der Waals surface area contributed by atoms with Crippen molar-refractivity contribution < 1.29 is 9.53 Å². The highest BCUT2D eigenvalue weighted by atomic mass is 16.5. The first-order valence-corrected chi connectivity index (χ1v) is 10.4. The van der Waals surface area contributed by atoms with E-state index in [4.69, 9.17) is 9.73 Å². The van der Waals surface area contributed by atoms with Crippen LogP contribution in [-0.2, 0) is 11.3 Å². The van der Waals surface area contributed by atoms with Crippen molar-refractivity contribution in [2.24, 2.45) is 4.99 Å². The van der Waals surface area contributed by atoms with Gasteiger partial charge < -0.3 is 9.30 Å². The van der Waals surface area contributed by atoms with Crippen LogP contribution < -0.4 is 0 Å². The van der Waals surface area contributed by atoms with Gasteiger partial charge in [0.2, 0.25) is 0 Å². The Kier molecular flexibility index (Phi) is 4.97. The molecule has 1 aromatic heterocycles. The minimum atomic E-state index is -0.308. The lowest BCUT2D eigenvalue weighted by molar-refractivity contribution is 0.0525. The predicted octanol–water partition coefficient (Wildman–Crippen LogP) is 5.67. The highest BCUT2D eigenvalue weighted by Gasteiger charge is 2.24.